The second-order valence-electron chi connectivity index (χ2n) is 6.08. The highest BCUT2D eigenvalue weighted by atomic mass is 35.5. The molecule has 0 radical (unpaired) electrons. The van der Waals surface area contributed by atoms with E-state index < -0.39 is 0 Å². The molecule has 0 aliphatic carbocycles. The first-order valence-corrected chi connectivity index (χ1v) is 8.82. The first-order valence-electron chi connectivity index (χ1n) is 8.44. The van der Waals surface area contributed by atoms with Gasteiger partial charge in [-0.1, -0.05) is 17.7 Å². The van der Waals surface area contributed by atoms with E-state index in [4.69, 9.17) is 31.3 Å². The quantitative estimate of drug-likeness (QED) is 0.551. The molecule has 2 aromatic carbocycles. The highest BCUT2D eigenvalue weighted by Gasteiger charge is 2.13. The van der Waals surface area contributed by atoms with Gasteiger partial charge < -0.3 is 14.8 Å². The average Bonchev–Trinajstić information content (AvgIpc) is 3.22. The Hall–Kier alpha value is -3.50. The SMILES string of the molecule is COc1cc2nc(NCc3ccc(C#N)cc3Cl)c3cncn3c2cc1OC. The molecule has 0 bridgehead atoms. The molecule has 0 unspecified atom stereocenters. The number of methoxy groups -OCH3 is 2. The number of imidazole rings is 1. The molecule has 1 N–H and O–H groups in total. The van der Waals surface area contributed by atoms with Crippen molar-refractivity contribution >= 4 is 34.0 Å². The molecule has 7 nitrogen and oxygen atoms in total. The van der Waals surface area contributed by atoms with Gasteiger partial charge in [-0.2, -0.15) is 5.26 Å². The molecule has 0 atom stereocenters. The highest BCUT2D eigenvalue weighted by Crippen LogP contribution is 2.33. The maximum Gasteiger partial charge on any atom is 0.163 e. The second-order valence-corrected chi connectivity index (χ2v) is 6.48. The van der Waals surface area contributed by atoms with Crippen molar-refractivity contribution in [1.29, 1.82) is 5.26 Å². The number of nitrogens with one attached hydrogen (secondary N) is 1. The summed E-state index contributed by atoms with van der Waals surface area (Å²) in [5.41, 5.74) is 3.80. The van der Waals surface area contributed by atoms with Crippen LogP contribution in [0.4, 0.5) is 5.82 Å². The minimum Gasteiger partial charge on any atom is -0.493 e. The van der Waals surface area contributed by atoms with Crippen LogP contribution >= 0.6 is 11.6 Å². The van der Waals surface area contributed by atoms with Crippen LogP contribution < -0.4 is 14.8 Å². The Balaban J connectivity index is 1.76. The largest absolute Gasteiger partial charge is 0.493 e. The summed E-state index contributed by atoms with van der Waals surface area (Å²) in [6.07, 6.45) is 3.47. The first-order chi connectivity index (χ1) is 13.6. The number of nitrogens with zero attached hydrogens (tertiary/aromatic N) is 4. The first kappa shape index (κ1) is 17.9. The number of rotatable bonds is 5. The predicted molar refractivity (Wildman–Crippen MR) is 107 cm³/mol. The van der Waals surface area contributed by atoms with Gasteiger partial charge in [0.05, 0.1) is 49.4 Å². The van der Waals surface area contributed by atoms with E-state index in [1.165, 1.54) is 0 Å². The Kier molecular flexibility index (Phi) is 4.63. The molecule has 0 aliphatic heterocycles. The van der Waals surface area contributed by atoms with Crippen LogP contribution in [0.15, 0.2) is 42.9 Å². The van der Waals surface area contributed by atoms with Gasteiger partial charge in [0.2, 0.25) is 0 Å². The van der Waals surface area contributed by atoms with Gasteiger partial charge >= 0.3 is 0 Å². The Morgan fingerprint density at radius 1 is 1.14 bits per heavy atom. The fraction of sp³-hybridized carbons (Fsp3) is 0.150. The monoisotopic (exact) mass is 393 g/mol. The summed E-state index contributed by atoms with van der Waals surface area (Å²) in [6.45, 7) is 0.456. The van der Waals surface area contributed by atoms with Crippen molar-refractivity contribution in [2.75, 3.05) is 19.5 Å². The fourth-order valence-corrected chi connectivity index (χ4v) is 3.30. The third kappa shape index (κ3) is 3.04. The van der Waals surface area contributed by atoms with E-state index in [1.807, 2.05) is 22.6 Å². The summed E-state index contributed by atoms with van der Waals surface area (Å²) in [7, 11) is 3.19. The zero-order valence-electron chi connectivity index (χ0n) is 15.2. The van der Waals surface area contributed by atoms with Crippen LogP contribution in [0, 0.1) is 11.3 Å². The van der Waals surface area contributed by atoms with Crippen molar-refractivity contribution < 1.29 is 9.47 Å². The van der Waals surface area contributed by atoms with E-state index in [-0.39, 0.29) is 0 Å². The van der Waals surface area contributed by atoms with Crippen LogP contribution in [-0.2, 0) is 6.54 Å². The number of nitriles is 1. The van der Waals surface area contributed by atoms with Crippen LogP contribution in [0.1, 0.15) is 11.1 Å². The molecule has 4 aromatic rings. The number of hydrogen-bond acceptors (Lipinski definition) is 6. The zero-order valence-corrected chi connectivity index (χ0v) is 16.0. The molecule has 140 valence electrons. The van der Waals surface area contributed by atoms with Gasteiger partial charge in [-0.05, 0) is 17.7 Å². The Bertz CT molecular complexity index is 1230. The average molecular weight is 394 g/mol. The van der Waals surface area contributed by atoms with Gasteiger partial charge in [-0.15, -0.1) is 0 Å². The number of aromatic nitrogens is 3. The molecule has 0 saturated carbocycles. The van der Waals surface area contributed by atoms with E-state index in [0.717, 1.165) is 22.1 Å². The normalized spacial score (nSPS) is 10.8. The number of fused-ring (bicyclic) bond motifs is 3. The molecule has 0 fully saturated rings. The van der Waals surface area contributed by atoms with Gasteiger partial charge in [-0.3, -0.25) is 4.40 Å². The number of benzene rings is 2. The van der Waals surface area contributed by atoms with Gasteiger partial charge in [-0.25, -0.2) is 9.97 Å². The van der Waals surface area contributed by atoms with Gasteiger partial charge in [0.1, 0.15) is 5.52 Å². The highest BCUT2D eigenvalue weighted by molar-refractivity contribution is 6.31. The summed E-state index contributed by atoms with van der Waals surface area (Å²) in [6, 6.07) is 11.0. The minimum absolute atomic E-state index is 0.456. The van der Waals surface area contributed by atoms with E-state index >= 15 is 0 Å². The van der Waals surface area contributed by atoms with Crippen molar-refractivity contribution in [3.05, 3.63) is 59.0 Å². The molecule has 8 heteroatoms. The van der Waals surface area contributed by atoms with Gasteiger partial charge in [0.15, 0.2) is 17.3 Å². The Morgan fingerprint density at radius 3 is 2.64 bits per heavy atom. The standard InChI is InChI=1S/C20H16ClN5O2/c1-27-18-6-15-16(7-19(18)28-2)26-11-23-10-17(26)20(25-15)24-9-13-4-3-12(8-22)5-14(13)21/h3-7,10-11H,9H2,1-2H3,(H,24,25). The predicted octanol–water partition coefficient (Wildman–Crippen LogP) is 4.04. The van der Waals surface area contributed by atoms with Crippen LogP contribution in [-0.4, -0.2) is 28.6 Å². The number of anilines is 1. The molecule has 0 amide bonds. The van der Waals surface area contributed by atoms with E-state index in [9.17, 15) is 0 Å². The molecular weight excluding hydrogens is 378 g/mol. The van der Waals surface area contributed by atoms with Crippen molar-refractivity contribution in [3.63, 3.8) is 0 Å². The maximum atomic E-state index is 8.97. The summed E-state index contributed by atoms with van der Waals surface area (Å²) >= 11 is 6.28. The zero-order chi connectivity index (χ0) is 19.7. The lowest BCUT2D eigenvalue weighted by Gasteiger charge is -2.13. The van der Waals surface area contributed by atoms with Crippen LogP contribution in [0.25, 0.3) is 16.6 Å². The summed E-state index contributed by atoms with van der Waals surface area (Å²) in [5.74, 6) is 1.89. The number of halogens is 1. The Morgan fingerprint density at radius 2 is 1.93 bits per heavy atom. The third-order valence-electron chi connectivity index (χ3n) is 4.48. The van der Waals surface area contributed by atoms with Crippen molar-refractivity contribution in [1.82, 2.24) is 14.4 Å². The molecule has 0 saturated heterocycles. The minimum atomic E-state index is 0.456. The molecule has 0 aliphatic rings. The second kappa shape index (κ2) is 7.25. The summed E-state index contributed by atoms with van der Waals surface area (Å²) in [5, 5.41) is 12.8. The van der Waals surface area contributed by atoms with Crippen molar-refractivity contribution in [2.45, 2.75) is 6.54 Å². The van der Waals surface area contributed by atoms with Crippen molar-refractivity contribution in [3.8, 4) is 17.6 Å². The molecule has 2 aromatic heterocycles. The lowest BCUT2D eigenvalue weighted by molar-refractivity contribution is 0.355. The van der Waals surface area contributed by atoms with Gasteiger partial charge in [0.25, 0.3) is 0 Å². The summed E-state index contributed by atoms with van der Waals surface area (Å²) < 4.78 is 12.7. The fourth-order valence-electron chi connectivity index (χ4n) is 3.05. The Labute approximate surface area is 166 Å². The number of ether oxygens (including phenoxy) is 2. The third-order valence-corrected chi connectivity index (χ3v) is 4.83. The van der Waals surface area contributed by atoms with E-state index in [2.05, 4.69) is 16.4 Å². The van der Waals surface area contributed by atoms with Crippen molar-refractivity contribution in [2.24, 2.45) is 0 Å². The molecular formula is C20H16ClN5O2. The smallest absolute Gasteiger partial charge is 0.163 e. The lowest BCUT2D eigenvalue weighted by atomic mass is 10.1. The van der Waals surface area contributed by atoms with Crippen LogP contribution in [0.5, 0.6) is 11.5 Å². The molecule has 4 rings (SSSR count). The van der Waals surface area contributed by atoms with Crippen LogP contribution in [0.2, 0.25) is 5.02 Å². The van der Waals surface area contributed by atoms with E-state index in [1.54, 1.807) is 38.9 Å². The molecule has 0 spiro atoms. The van der Waals surface area contributed by atoms with E-state index in [0.29, 0.717) is 34.4 Å². The van der Waals surface area contributed by atoms with Gasteiger partial charge in [0, 0.05) is 23.7 Å². The lowest BCUT2D eigenvalue weighted by Crippen LogP contribution is -2.05. The number of hydrogen-bond donors (Lipinski definition) is 1. The van der Waals surface area contributed by atoms with Crippen LogP contribution in [0.3, 0.4) is 0 Å². The maximum absolute atomic E-state index is 8.97. The summed E-state index contributed by atoms with van der Waals surface area (Å²) in [4.78, 5) is 8.99. The molecule has 28 heavy (non-hydrogen) atoms. The topological polar surface area (TPSA) is 84.5 Å². The molecule has 2 heterocycles.